The molecule has 0 aliphatic heterocycles. The molecule has 0 aliphatic rings. The molecule has 3 nitrogen and oxygen atoms in total. The van der Waals surface area contributed by atoms with Gasteiger partial charge in [0.25, 0.3) is 0 Å². The highest BCUT2D eigenvalue weighted by molar-refractivity contribution is 8.02. The van der Waals surface area contributed by atoms with Gasteiger partial charge in [0.2, 0.25) is 5.91 Å². The van der Waals surface area contributed by atoms with Crippen LogP contribution >= 0.6 is 23.1 Å². The van der Waals surface area contributed by atoms with Crippen LogP contribution in [0.3, 0.4) is 0 Å². The van der Waals surface area contributed by atoms with Crippen LogP contribution in [0.2, 0.25) is 0 Å². The average Bonchev–Trinajstić information content (AvgIpc) is 3.02. The van der Waals surface area contributed by atoms with E-state index in [0.717, 1.165) is 26.5 Å². The summed E-state index contributed by atoms with van der Waals surface area (Å²) >= 11 is 3.20. The Balaban J connectivity index is 1.67. The van der Waals surface area contributed by atoms with E-state index >= 15 is 0 Å². The number of carbonyl (C=O) groups excluding carboxylic acids is 1. The maximum atomic E-state index is 12.6. The molecule has 0 bridgehead atoms. The molecule has 24 heavy (non-hydrogen) atoms. The zero-order valence-electron chi connectivity index (χ0n) is 13.7. The number of thiazole rings is 1. The van der Waals surface area contributed by atoms with Crippen molar-refractivity contribution < 1.29 is 4.79 Å². The van der Waals surface area contributed by atoms with Crippen molar-refractivity contribution in [3.8, 4) is 0 Å². The quantitative estimate of drug-likeness (QED) is 0.629. The highest BCUT2D eigenvalue weighted by Crippen LogP contribution is 2.33. The Labute approximate surface area is 150 Å². The van der Waals surface area contributed by atoms with Gasteiger partial charge < -0.3 is 5.32 Å². The largest absolute Gasteiger partial charge is 0.349 e. The lowest BCUT2D eigenvalue weighted by atomic mass is 10.1. The molecule has 2 aromatic carbocycles. The maximum Gasteiger partial charge on any atom is 0.234 e. The molecule has 3 aromatic rings. The van der Waals surface area contributed by atoms with Crippen LogP contribution in [0.25, 0.3) is 10.2 Å². The average molecular weight is 357 g/mol. The van der Waals surface area contributed by atoms with Gasteiger partial charge in [-0.25, -0.2) is 4.98 Å². The van der Waals surface area contributed by atoms with E-state index in [1.807, 2.05) is 62.4 Å². The van der Waals surface area contributed by atoms with Crippen LogP contribution < -0.4 is 5.32 Å². The van der Waals surface area contributed by atoms with Crippen LogP contribution in [0.1, 0.15) is 31.9 Å². The third kappa shape index (κ3) is 3.97. The molecule has 1 N–H and O–H groups in total. The summed E-state index contributed by atoms with van der Waals surface area (Å²) in [5, 5.41) is 2.99. The minimum atomic E-state index is -0.128. The van der Waals surface area contributed by atoms with Gasteiger partial charge in [0.05, 0.1) is 21.5 Å². The Hall–Kier alpha value is -1.85. The van der Waals surface area contributed by atoms with Gasteiger partial charge in [-0.05, 0) is 31.0 Å². The molecule has 1 aromatic heterocycles. The minimum absolute atomic E-state index is 0.00344. The molecule has 0 fully saturated rings. The normalized spacial score (nSPS) is 13.6. The van der Waals surface area contributed by atoms with Gasteiger partial charge in [0, 0.05) is 0 Å². The highest BCUT2D eigenvalue weighted by atomic mass is 32.2. The van der Waals surface area contributed by atoms with Gasteiger partial charge in [-0.15, -0.1) is 11.3 Å². The number of aromatic nitrogens is 1. The Morgan fingerprint density at radius 1 is 1.17 bits per heavy atom. The number of hydrogen-bond acceptors (Lipinski definition) is 4. The van der Waals surface area contributed by atoms with E-state index in [9.17, 15) is 4.79 Å². The monoisotopic (exact) mass is 356 g/mol. The van der Waals surface area contributed by atoms with Crippen molar-refractivity contribution >= 4 is 39.2 Å². The van der Waals surface area contributed by atoms with Gasteiger partial charge in [-0.1, -0.05) is 61.2 Å². The zero-order chi connectivity index (χ0) is 16.9. The van der Waals surface area contributed by atoms with E-state index < -0.39 is 0 Å². The number of nitrogens with zero attached hydrogens (tertiary/aromatic N) is 1. The van der Waals surface area contributed by atoms with Gasteiger partial charge >= 0.3 is 0 Å². The summed E-state index contributed by atoms with van der Waals surface area (Å²) < 4.78 is 2.11. The van der Waals surface area contributed by atoms with Gasteiger partial charge in [-0.2, -0.15) is 0 Å². The molecule has 124 valence electrons. The third-order valence-electron chi connectivity index (χ3n) is 3.84. The molecular formula is C19H20N2OS2. The fraction of sp³-hybridized carbons (Fsp3) is 0.263. The standard InChI is InChI=1S/C19H20N2OS2/c1-3-16(18(22)20-13(2)14-9-5-4-6-10-14)23-19-21-15-11-7-8-12-17(15)24-19/h4-13,16H,3H2,1-2H3,(H,20,22)/t13-,16-/m1/s1. The topological polar surface area (TPSA) is 42.0 Å². The first-order chi connectivity index (χ1) is 11.7. The Morgan fingerprint density at radius 2 is 1.88 bits per heavy atom. The molecule has 3 rings (SSSR count). The zero-order valence-corrected chi connectivity index (χ0v) is 15.4. The Bertz CT molecular complexity index is 783. The molecule has 0 radical (unpaired) electrons. The summed E-state index contributed by atoms with van der Waals surface area (Å²) in [7, 11) is 0. The lowest BCUT2D eigenvalue weighted by Crippen LogP contribution is -2.34. The summed E-state index contributed by atoms with van der Waals surface area (Å²) in [5.74, 6) is 0.0677. The number of nitrogens with one attached hydrogen (secondary N) is 1. The number of benzene rings is 2. The lowest BCUT2D eigenvalue weighted by molar-refractivity contribution is -0.121. The van der Waals surface area contributed by atoms with Crippen LogP contribution in [-0.4, -0.2) is 16.1 Å². The SMILES string of the molecule is CC[C@@H](Sc1nc2ccccc2s1)C(=O)N[C@H](C)c1ccccc1. The van der Waals surface area contributed by atoms with Crippen molar-refractivity contribution in [1.29, 1.82) is 0 Å². The number of hydrogen-bond donors (Lipinski definition) is 1. The summed E-state index contributed by atoms with van der Waals surface area (Å²) in [6.45, 7) is 4.06. The third-order valence-corrected chi connectivity index (χ3v) is 6.33. The van der Waals surface area contributed by atoms with Crippen molar-refractivity contribution in [2.75, 3.05) is 0 Å². The van der Waals surface area contributed by atoms with Crippen LogP contribution in [0.5, 0.6) is 0 Å². The van der Waals surface area contributed by atoms with Crippen molar-refractivity contribution in [3.05, 3.63) is 60.2 Å². The smallest absolute Gasteiger partial charge is 0.234 e. The fourth-order valence-corrected chi connectivity index (χ4v) is 4.72. The van der Waals surface area contributed by atoms with Crippen molar-refractivity contribution in [2.45, 2.75) is 35.9 Å². The number of para-hydroxylation sites is 1. The van der Waals surface area contributed by atoms with Crippen LogP contribution in [0.15, 0.2) is 58.9 Å². The van der Waals surface area contributed by atoms with E-state index in [4.69, 9.17) is 0 Å². The van der Waals surface area contributed by atoms with Crippen molar-refractivity contribution in [2.24, 2.45) is 0 Å². The number of amides is 1. The van der Waals surface area contributed by atoms with E-state index in [1.54, 1.807) is 23.1 Å². The van der Waals surface area contributed by atoms with Crippen molar-refractivity contribution in [1.82, 2.24) is 10.3 Å². The predicted molar refractivity (Wildman–Crippen MR) is 103 cm³/mol. The van der Waals surface area contributed by atoms with Gasteiger partial charge in [-0.3, -0.25) is 4.79 Å². The molecule has 0 unspecified atom stereocenters. The van der Waals surface area contributed by atoms with Crippen LogP contribution in [0.4, 0.5) is 0 Å². The molecule has 5 heteroatoms. The molecule has 0 spiro atoms. The second-order valence-electron chi connectivity index (χ2n) is 5.60. The van der Waals surface area contributed by atoms with Crippen LogP contribution in [0, 0.1) is 0 Å². The second kappa shape index (κ2) is 7.81. The number of fused-ring (bicyclic) bond motifs is 1. The second-order valence-corrected chi connectivity index (χ2v) is 8.08. The highest BCUT2D eigenvalue weighted by Gasteiger charge is 2.21. The molecule has 0 saturated heterocycles. The summed E-state index contributed by atoms with van der Waals surface area (Å²) in [5.41, 5.74) is 2.11. The first kappa shape index (κ1) is 17.0. The number of carbonyl (C=O) groups is 1. The van der Waals surface area contributed by atoms with E-state index in [-0.39, 0.29) is 17.2 Å². The predicted octanol–water partition coefficient (Wildman–Crippen LogP) is 5.04. The Morgan fingerprint density at radius 3 is 2.58 bits per heavy atom. The lowest BCUT2D eigenvalue weighted by Gasteiger charge is -2.18. The molecule has 2 atom stereocenters. The molecule has 0 aliphatic carbocycles. The fourth-order valence-electron chi connectivity index (χ4n) is 2.48. The maximum absolute atomic E-state index is 12.6. The number of thioether (sulfide) groups is 1. The van der Waals surface area contributed by atoms with Gasteiger partial charge in [0.1, 0.15) is 0 Å². The summed E-state index contributed by atoms with van der Waals surface area (Å²) in [6.07, 6.45) is 0.772. The minimum Gasteiger partial charge on any atom is -0.349 e. The summed E-state index contributed by atoms with van der Waals surface area (Å²) in [6, 6.07) is 18.1. The first-order valence-corrected chi connectivity index (χ1v) is 9.74. The van der Waals surface area contributed by atoms with E-state index in [2.05, 4.69) is 16.4 Å². The van der Waals surface area contributed by atoms with E-state index in [1.165, 1.54) is 0 Å². The molecular weight excluding hydrogens is 336 g/mol. The molecule has 0 saturated carbocycles. The number of rotatable bonds is 6. The Kier molecular flexibility index (Phi) is 5.53. The van der Waals surface area contributed by atoms with Gasteiger partial charge in [0.15, 0.2) is 4.34 Å². The first-order valence-electron chi connectivity index (χ1n) is 8.05. The van der Waals surface area contributed by atoms with E-state index in [0.29, 0.717) is 0 Å². The molecule has 1 heterocycles. The van der Waals surface area contributed by atoms with Crippen LogP contribution in [-0.2, 0) is 4.79 Å². The molecule has 1 amide bonds. The van der Waals surface area contributed by atoms with Crippen molar-refractivity contribution in [3.63, 3.8) is 0 Å². The summed E-state index contributed by atoms with van der Waals surface area (Å²) in [4.78, 5) is 17.2.